The molecule has 0 unspecified atom stereocenters. The Kier molecular flexibility index (Phi) is 2.26. The summed E-state index contributed by atoms with van der Waals surface area (Å²) in [4.78, 5) is 19.2. The average molecular weight is 240 g/mol. The number of nitrogens with one attached hydrogen (secondary N) is 1. The van der Waals surface area contributed by atoms with Crippen molar-refractivity contribution in [1.82, 2.24) is 19.7 Å². The first-order valence-electron chi connectivity index (χ1n) is 5.63. The molecule has 90 valence electrons. The van der Waals surface area contributed by atoms with Gasteiger partial charge in [0.15, 0.2) is 0 Å². The molecule has 18 heavy (non-hydrogen) atoms. The van der Waals surface area contributed by atoms with E-state index in [0.717, 1.165) is 11.1 Å². The molecule has 5 nitrogen and oxygen atoms in total. The molecule has 3 rings (SSSR count). The predicted molar refractivity (Wildman–Crippen MR) is 69.3 cm³/mol. The third-order valence-electron chi connectivity index (χ3n) is 2.84. The highest BCUT2D eigenvalue weighted by molar-refractivity contribution is 5.79. The van der Waals surface area contributed by atoms with Crippen LogP contribution in [0.5, 0.6) is 0 Å². The maximum absolute atomic E-state index is 12.0. The van der Waals surface area contributed by atoms with Gasteiger partial charge in [0.2, 0.25) is 0 Å². The molecule has 0 saturated heterocycles. The van der Waals surface area contributed by atoms with Gasteiger partial charge in [0.05, 0.1) is 22.7 Å². The molecule has 0 fully saturated rings. The summed E-state index contributed by atoms with van der Waals surface area (Å²) in [5, 5.41) is 4.69. The van der Waals surface area contributed by atoms with Crippen LogP contribution in [0.2, 0.25) is 0 Å². The zero-order valence-corrected chi connectivity index (χ0v) is 10.1. The minimum Gasteiger partial charge on any atom is -0.306 e. The molecule has 0 aliphatic carbocycles. The molecule has 0 bridgehead atoms. The van der Waals surface area contributed by atoms with E-state index in [1.807, 2.05) is 38.4 Å². The monoisotopic (exact) mass is 240 g/mol. The van der Waals surface area contributed by atoms with E-state index in [1.54, 1.807) is 10.9 Å². The Balaban J connectivity index is 2.28. The zero-order valence-electron chi connectivity index (χ0n) is 10.1. The van der Waals surface area contributed by atoms with Gasteiger partial charge in [0.1, 0.15) is 5.82 Å². The number of nitrogens with zero attached hydrogens (tertiary/aromatic N) is 3. The first-order chi connectivity index (χ1) is 8.63. The summed E-state index contributed by atoms with van der Waals surface area (Å²) in [6.45, 7) is 1.95. The summed E-state index contributed by atoms with van der Waals surface area (Å²) in [5.41, 5.74) is 2.42. The molecule has 2 heterocycles. The van der Waals surface area contributed by atoms with Crippen LogP contribution in [-0.2, 0) is 7.05 Å². The SMILES string of the molecule is Cc1ccc2nc(-c3cnn(C)c3)[nH]c(=O)c2c1. The molecule has 0 saturated carbocycles. The fourth-order valence-corrected chi connectivity index (χ4v) is 1.93. The van der Waals surface area contributed by atoms with E-state index in [0.29, 0.717) is 16.7 Å². The Bertz CT molecular complexity index is 785. The highest BCUT2D eigenvalue weighted by Crippen LogP contribution is 2.15. The van der Waals surface area contributed by atoms with Crippen LogP contribution >= 0.6 is 0 Å². The fourth-order valence-electron chi connectivity index (χ4n) is 1.93. The Hall–Kier alpha value is -2.43. The average Bonchev–Trinajstić information content (AvgIpc) is 2.77. The van der Waals surface area contributed by atoms with Crippen molar-refractivity contribution in [1.29, 1.82) is 0 Å². The Labute approximate surface area is 103 Å². The van der Waals surface area contributed by atoms with Crippen molar-refractivity contribution in [3.63, 3.8) is 0 Å². The second-order valence-electron chi connectivity index (χ2n) is 4.34. The van der Waals surface area contributed by atoms with Crippen molar-refractivity contribution in [2.24, 2.45) is 7.05 Å². The van der Waals surface area contributed by atoms with E-state index in [9.17, 15) is 4.79 Å². The molecule has 3 aromatic rings. The van der Waals surface area contributed by atoms with E-state index in [1.165, 1.54) is 0 Å². The molecule has 0 amide bonds. The van der Waals surface area contributed by atoms with E-state index >= 15 is 0 Å². The van der Waals surface area contributed by atoms with Crippen LogP contribution in [0.3, 0.4) is 0 Å². The van der Waals surface area contributed by atoms with Crippen molar-refractivity contribution in [2.45, 2.75) is 6.92 Å². The summed E-state index contributed by atoms with van der Waals surface area (Å²) in [6.07, 6.45) is 3.50. The molecular weight excluding hydrogens is 228 g/mol. The number of aryl methyl sites for hydroxylation is 2. The van der Waals surface area contributed by atoms with Crippen molar-refractivity contribution >= 4 is 10.9 Å². The van der Waals surface area contributed by atoms with Crippen LogP contribution in [0, 0.1) is 6.92 Å². The third-order valence-corrected chi connectivity index (χ3v) is 2.84. The van der Waals surface area contributed by atoms with Gasteiger partial charge < -0.3 is 4.98 Å². The lowest BCUT2D eigenvalue weighted by Gasteiger charge is -2.01. The number of benzene rings is 1. The van der Waals surface area contributed by atoms with Gasteiger partial charge in [-0.3, -0.25) is 9.48 Å². The Morgan fingerprint density at radius 1 is 1.33 bits per heavy atom. The maximum atomic E-state index is 12.0. The van der Waals surface area contributed by atoms with Crippen LogP contribution in [0.25, 0.3) is 22.3 Å². The highest BCUT2D eigenvalue weighted by Gasteiger charge is 2.07. The van der Waals surface area contributed by atoms with Gasteiger partial charge in [0, 0.05) is 13.2 Å². The van der Waals surface area contributed by atoms with Gasteiger partial charge in [-0.25, -0.2) is 4.98 Å². The summed E-state index contributed by atoms with van der Waals surface area (Å²) >= 11 is 0. The number of hydrogen-bond donors (Lipinski definition) is 1. The molecule has 0 aliphatic rings. The normalized spacial score (nSPS) is 11.0. The van der Waals surface area contributed by atoms with Crippen LogP contribution in [0.4, 0.5) is 0 Å². The van der Waals surface area contributed by atoms with Gasteiger partial charge in [-0.1, -0.05) is 11.6 Å². The Morgan fingerprint density at radius 3 is 2.89 bits per heavy atom. The van der Waals surface area contributed by atoms with Gasteiger partial charge in [-0.2, -0.15) is 5.10 Å². The summed E-state index contributed by atoms with van der Waals surface area (Å²) in [7, 11) is 1.83. The molecule has 0 aliphatic heterocycles. The van der Waals surface area contributed by atoms with Gasteiger partial charge in [-0.15, -0.1) is 0 Å². The van der Waals surface area contributed by atoms with E-state index in [-0.39, 0.29) is 5.56 Å². The number of fused-ring (bicyclic) bond motifs is 1. The topological polar surface area (TPSA) is 63.6 Å². The predicted octanol–water partition coefficient (Wildman–Crippen LogP) is 1.63. The summed E-state index contributed by atoms with van der Waals surface area (Å²) in [6, 6.07) is 5.65. The third kappa shape index (κ3) is 1.69. The van der Waals surface area contributed by atoms with Crippen LogP contribution < -0.4 is 5.56 Å². The lowest BCUT2D eigenvalue weighted by atomic mass is 10.1. The highest BCUT2D eigenvalue weighted by atomic mass is 16.1. The molecule has 5 heteroatoms. The lowest BCUT2D eigenvalue weighted by Crippen LogP contribution is -2.09. The lowest BCUT2D eigenvalue weighted by molar-refractivity contribution is 0.768. The number of aromatic amines is 1. The van der Waals surface area contributed by atoms with Gasteiger partial charge >= 0.3 is 0 Å². The zero-order chi connectivity index (χ0) is 12.7. The van der Waals surface area contributed by atoms with E-state index < -0.39 is 0 Å². The molecule has 2 aromatic heterocycles. The second kappa shape index (κ2) is 3.80. The maximum Gasteiger partial charge on any atom is 0.259 e. The van der Waals surface area contributed by atoms with Crippen LogP contribution in [0.15, 0.2) is 35.4 Å². The van der Waals surface area contributed by atoms with E-state index in [4.69, 9.17) is 0 Å². The molecule has 1 aromatic carbocycles. The molecule has 0 radical (unpaired) electrons. The minimum atomic E-state index is -0.123. The second-order valence-corrected chi connectivity index (χ2v) is 4.34. The number of H-pyrrole nitrogens is 1. The van der Waals surface area contributed by atoms with E-state index in [2.05, 4.69) is 15.1 Å². The standard InChI is InChI=1S/C13H12N4O/c1-8-3-4-11-10(5-8)13(18)16-12(15-11)9-6-14-17(2)7-9/h3-7H,1-2H3,(H,15,16,18). The van der Waals surface area contributed by atoms with Crippen molar-refractivity contribution in [3.8, 4) is 11.4 Å². The quantitative estimate of drug-likeness (QED) is 0.703. The Morgan fingerprint density at radius 2 is 2.17 bits per heavy atom. The summed E-state index contributed by atoms with van der Waals surface area (Å²) < 4.78 is 1.68. The van der Waals surface area contributed by atoms with Gasteiger partial charge in [0.25, 0.3) is 5.56 Å². The molecule has 0 spiro atoms. The number of hydrogen-bond acceptors (Lipinski definition) is 3. The van der Waals surface area contributed by atoms with Crippen molar-refractivity contribution < 1.29 is 0 Å². The van der Waals surface area contributed by atoms with Crippen LogP contribution in [-0.4, -0.2) is 19.7 Å². The molecule has 0 atom stereocenters. The molecule has 1 N–H and O–H groups in total. The van der Waals surface area contributed by atoms with Crippen LogP contribution in [0.1, 0.15) is 5.56 Å². The number of aromatic nitrogens is 4. The first-order valence-corrected chi connectivity index (χ1v) is 5.63. The van der Waals surface area contributed by atoms with Crippen molar-refractivity contribution in [3.05, 3.63) is 46.5 Å². The summed E-state index contributed by atoms with van der Waals surface area (Å²) in [5.74, 6) is 0.546. The number of rotatable bonds is 1. The smallest absolute Gasteiger partial charge is 0.259 e. The first kappa shape index (κ1) is 10.7. The van der Waals surface area contributed by atoms with Gasteiger partial charge in [-0.05, 0) is 19.1 Å². The largest absolute Gasteiger partial charge is 0.306 e. The minimum absolute atomic E-state index is 0.123. The fraction of sp³-hybridized carbons (Fsp3) is 0.154. The molecular formula is C13H12N4O. The van der Waals surface area contributed by atoms with Crippen molar-refractivity contribution in [2.75, 3.05) is 0 Å².